The van der Waals surface area contributed by atoms with Crippen LogP contribution in [0.5, 0.6) is 5.88 Å². The molecule has 5 nitrogen and oxygen atoms in total. The van der Waals surface area contributed by atoms with Gasteiger partial charge < -0.3 is 9.72 Å². The fourth-order valence-electron chi connectivity index (χ4n) is 3.05. The minimum Gasteiger partial charge on any atom is -0.481 e. The number of aryl methyl sites for hydroxylation is 1. The number of aromatic amines is 1. The average Bonchev–Trinajstić information content (AvgIpc) is 3.06. The van der Waals surface area contributed by atoms with Gasteiger partial charge in [0.1, 0.15) is 11.5 Å². The highest BCUT2D eigenvalue weighted by Crippen LogP contribution is 2.23. The molecule has 1 N–H and O–H groups in total. The topological polar surface area (TPSA) is 63.7 Å². The minimum atomic E-state index is -0.382. The summed E-state index contributed by atoms with van der Waals surface area (Å²) >= 11 is 0. The lowest BCUT2D eigenvalue weighted by atomic mass is 10.0. The summed E-state index contributed by atoms with van der Waals surface area (Å²) in [7, 11) is 1.53. The van der Waals surface area contributed by atoms with Crippen LogP contribution >= 0.6 is 0 Å². The Labute approximate surface area is 156 Å². The molecule has 0 atom stereocenters. The normalized spacial score (nSPS) is 11.1. The van der Waals surface area contributed by atoms with Crippen molar-refractivity contribution in [1.29, 1.82) is 0 Å². The zero-order chi connectivity index (χ0) is 18.8. The molecule has 135 valence electrons. The van der Waals surface area contributed by atoms with E-state index < -0.39 is 0 Å². The van der Waals surface area contributed by atoms with Crippen LogP contribution in [-0.2, 0) is 6.42 Å². The highest BCUT2D eigenvalue weighted by atomic mass is 19.1. The van der Waals surface area contributed by atoms with E-state index in [0.717, 1.165) is 27.7 Å². The van der Waals surface area contributed by atoms with Gasteiger partial charge in [-0.15, -0.1) is 0 Å². The fraction of sp³-hybridized carbons (Fsp3) is 0.143. The van der Waals surface area contributed by atoms with Crippen molar-refractivity contribution >= 4 is 11.0 Å². The van der Waals surface area contributed by atoms with Gasteiger partial charge in [0.2, 0.25) is 5.88 Å². The summed E-state index contributed by atoms with van der Waals surface area (Å²) in [6.07, 6.45) is 9.26. The predicted octanol–water partition coefficient (Wildman–Crippen LogP) is 4.00. The first-order chi connectivity index (χ1) is 13.1. The van der Waals surface area contributed by atoms with Crippen molar-refractivity contribution in [1.82, 2.24) is 19.9 Å². The largest absolute Gasteiger partial charge is 0.481 e. The van der Waals surface area contributed by atoms with E-state index in [9.17, 15) is 4.39 Å². The Balaban J connectivity index is 1.59. The van der Waals surface area contributed by atoms with Crippen LogP contribution in [0, 0.1) is 19.2 Å². The number of rotatable bonds is 5. The van der Waals surface area contributed by atoms with Crippen LogP contribution in [0.1, 0.15) is 27.9 Å². The fourth-order valence-corrected chi connectivity index (χ4v) is 3.05. The summed E-state index contributed by atoms with van der Waals surface area (Å²) in [6.45, 7) is 2.00. The molecule has 0 unspecified atom stereocenters. The molecule has 4 heterocycles. The predicted molar refractivity (Wildman–Crippen MR) is 101 cm³/mol. The number of fused-ring (bicyclic) bond motifs is 1. The Morgan fingerprint density at radius 2 is 2.07 bits per heavy atom. The second-order valence-electron chi connectivity index (χ2n) is 6.36. The van der Waals surface area contributed by atoms with Crippen LogP contribution in [0.2, 0.25) is 0 Å². The molecule has 0 bridgehead atoms. The average molecular weight is 361 g/mol. The van der Waals surface area contributed by atoms with E-state index >= 15 is 0 Å². The van der Waals surface area contributed by atoms with E-state index in [1.54, 1.807) is 24.9 Å². The van der Waals surface area contributed by atoms with E-state index in [-0.39, 0.29) is 11.5 Å². The van der Waals surface area contributed by atoms with Gasteiger partial charge in [-0.05, 0) is 41.8 Å². The van der Waals surface area contributed by atoms with Gasteiger partial charge in [-0.1, -0.05) is 6.07 Å². The Bertz CT molecular complexity index is 1110. The lowest BCUT2D eigenvalue weighted by molar-refractivity contribution is 0.395. The first-order valence-electron chi connectivity index (χ1n) is 8.55. The molecule has 1 radical (unpaired) electrons. The molecule has 0 fully saturated rings. The quantitative estimate of drug-likeness (QED) is 0.584. The third kappa shape index (κ3) is 3.51. The molecule has 4 rings (SSSR count). The number of hydrogen-bond donors (Lipinski definition) is 1. The van der Waals surface area contributed by atoms with E-state index in [0.29, 0.717) is 17.9 Å². The molecule has 0 amide bonds. The number of halogens is 1. The number of H-pyrrole nitrogens is 1. The summed E-state index contributed by atoms with van der Waals surface area (Å²) in [5.41, 5.74) is 4.71. The third-order valence-electron chi connectivity index (χ3n) is 4.36. The van der Waals surface area contributed by atoms with Gasteiger partial charge in [0.25, 0.3) is 0 Å². The molecular weight excluding hydrogens is 343 g/mol. The standard InChI is InChI=1S/C21H18FN4O/c1-13-6-17-16(12-26-20(17)25-10-13)7-14-8-18(22)19(24-11-14)9-15-4-3-5-23-21(15)27-2/h3-6,8-12H,7H2,1-2H3,(H,25,26). The van der Waals surface area contributed by atoms with Crippen molar-refractivity contribution in [3.05, 3.63) is 89.2 Å². The van der Waals surface area contributed by atoms with E-state index in [4.69, 9.17) is 4.74 Å². The summed E-state index contributed by atoms with van der Waals surface area (Å²) in [5.74, 6) is 0.0528. The molecule has 0 aliphatic carbocycles. The minimum absolute atomic E-state index is 0.251. The maximum Gasteiger partial charge on any atom is 0.216 e. The lowest BCUT2D eigenvalue weighted by Crippen LogP contribution is -2.00. The molecule has 0 saturated heterocycles. The van der Waals surface area contributed by atoms with Crippen LogP contribution in [0.4, 0.5) is 4.39 Å². The van der Waals surface area contributed by atoms with E-state index in [2.05, 4.69) is 26.0 Å². The molecule has 4 aromatic heterocycles. The number of nitrogens with zero attached hydrogens (tertiary/aromatic N) is 3. The van der Waals surface area contributed by atoms with Crippen LogP contribution in [0.15, 0.2) is 49.1 Å². The van der Waals surface area contributed by atoms with Crippen molar-refractivity contribution < 1.29 is 9.13 Å². The van der Waals surface area contributed by atoms with Crippen LogP contribution in [0.25, 0.3) is 11.0 Å². The van der Waals surface area contributed by atoms with Gasteiger partial charge in [-0.2, -0.15) is 0 Å². The molecule has 0 aromatic carbocycles. The van der Waals surface area contributed by atoms with Crippen LogP contribution in [0.3, 0.4) is 0 Å². The smallest absolute Gasteiger partial charge is 0.216 e. The van der Waals surface area contributed by atoms with Gasteiger partial charge in [0.05, 0.1) is 12.8 Å². The monoisotopic (exact) mass is 361 g/mol. The molecule has 6 heteroatoms. The van der Waals surface area contributed by atoms with Crippen LogP contribution < -0.4 is 4.74 Å². The number of pyridine rings is 3. The van der Waals surface area contributed by atoms with Gasteiger partial charge in [0, 0.05) is 48.6 Å². The molecule has 4 aromatic rings. The van der Waals surface area contributed by atoms with E-state index in [1.807, 2.05) is 25.4 Å². The summed E-state index contributed by atoms with van der Waals surface area (Å²) in [4.78, 5) is 15.9. The molecule has 27 heavy (non-hydrogen) atoms. The molecule has 0 aliphatic heterocycles. The zero-order valence-electron chi connectivity index (χ0n) is 15.0. The third-order valence-corrected chi connectivity index (χ3v) is 4.36. The summed E-state index contributed by atoms with van der Waals surface area (Å²) in [5, 5.41) is 1.05. The number of nitrogens with one attached hydrogen (secondary N) is 1. The highest BCUT2D eigenvalue weighted by Gasteiger charge is 2.12. The van der Waals surface area contributed by atoms with Crippen molar-refractivity contribution in [2.24, 2.45) is 0 Å². The Hall–Kier alpha value is -3.28. The van der Waals surface area contributed by atoms with Crippen molar-refractivity contribution in [3.63, 3.8) is 0 Å². The van der Waals surface area contributed by atoms with Gasteiger partial charge in [-0.3, -0.25) is 4.98 Å². The number of ether oxygens (including phenoxy) is 1. The van der Waals surface area contributed by atoms with Crippen molar-refractivity contribution in [2.75, 3.05) is 7.11 Å². The van der Waals surface area contributed by atoms with E-state index in [1.165, 1.54) is 13.2 Å². The zero-order valence-corrected chi connectivity index (χ0v) is 15.0. The SMILES string of the molecule is COc1ncccc1[CH]c1ncc(Cc2c[nH]c3ncc(C)cc23)cc1F. The molecular formula is C21H18FN4O. The van der Waals surface area contributed by atoms with Crippen molar-refractivity contribution in [2.45, 2.75) is 13.3 Å². The number of methoxy groups -OCH3 is 1. The molecule has 0 spiro atoms. The maximum absolute atomic E-state index is 14.6. The first-order valence-corrected chi connectivity index (χ1v) is 8.55. The second kappa shape index (κ2) is 7.15. The molecule has 0 aliphatic rings. The van der Waals surface area contributed by atoms with Gasteiger partial charge in [0.15, 0.2) is 0 Å². The lowest BCUT2D eigenvalue weighted by Gasteiger charge is -2.08. The van der Waals surface area contributed by atoms with Crippen molar-refractivity contribution in [3.8, 4) is 5.88 Å². The Kier molecular flexibility index (Phi) is 4.54. The van der Waals surface area contributed by atoms with Crippen LogP contribution in [-0.4, -0.2) is 27.0 Å². The maximum atomic E-state index is 14.6. The first kappa shape index (κ1) is 17.1. The summed E-state index contributed by atoms with van der Waals surface area (Å²) in [6, 6.07) is 7.17. The van der Waals surface area contributed by atoms with Gasteiger partial charge >= 0.3 is 0 Å². The Morgan fingerprint density at radius 3 is 2.89 bits per heavy atom. The summed E-state index contributed by atoms with van der Waals surface area (Å²) < 4.78 is 19.8. The molecule has 0 saturated carbocycles. The second-order valence-corrected chi connectivity index (χ2v) is 6.36. The number of aromatic nitrogens is 4. The Morgan fingerprint density at radius 1 is 1.19 bits per heavy atom. The number of hydrogen-bond acceptors (Lipinski definition) is 4. The van der Waals surface area contributed by atoms with Gasteiger partial charge in [-0.25, -0.2) is 14.4 Å². The highest BCUT2D eigenvalue weighted by molar-refractivity contribution is 5.80.